The first-order chi connectivity index (χ1) is 7.65. The third-order valence-electron chi connectivity index (χ3n) is 1.65. The molecule has 0 aliphatic rings. The van der Waals surface area contributed by atoms with Gasteiger partial charge in [0.05, 0.1) is 9.98 Å². The Labute approximate surface area is 109 Å². The van der Waals surface area contributed by atoms with Gasteiger partial charge in [-0.3, -0.25) is 10.1 Å². The summed E-state index contributed by atoms with van der Waals surface area (Å²) in [6, 6.07) is 4.87. The van der Waals surface area contributed by atoms with Crippen molar-refractivity contribution in [3.8, 4) is 0 Å². The smallest absolute Gasteiger partial charge is 0.276 e. The Morgan fingerprint density at radius 3 is 2.94 bits per heavy atom. The van der Waals surface area contributed by atoms with Gasteiger partial charge in [-0.1, -0.05) is 29.0 Å². The van der Waals surface area contributed by atoms with E-state index in [2.05, 4.69) is 31.2 Å². The van der Waals surface area contributed by atoms with Gasteiger partial charge in [0.15, 0.2) is 5.13 Å². The number of hydrogen-bond donors (Lipinski definition) is 1. The topological polar surface area (TPSA) is 54.9 Å². The zero-order valence-corrected chi connectivity index (χ0v) is 10.9. The van der Waals surface area contributed by atoms with E-state index in [1.807, 2.05) is 0 Å². The molecule has 0 spiro atoms. The zero-order valence-electron chi connectivity index (χ0n) is 7.78. The van der Waals surface area contributed by atoms with E-state index < -0.39 is 0 Å². The SMILES string of the molecule is O=C(Nc1ncc(Br)s1)c1cccc(Cl)n1. The Balaban J connectivity index is 2.14. The highest BCUT2D eigenvalue weighted by Gasteiger charge is 2.09. The third-order valence-corrected chi connectivity index (χ3v) is 3.25. The average Bonchev–Trinajstić information content (AvgIpc) is 2.64. The van der Waals surface area contributed by atoms with Crippen molar-refractivity contribution in [3.05, 3.63) is 39.0 Å². The van der Waals surface area contributed by atoms with Crippen LogP contribution in [0.3, 0.4) is 0 Å². The number of nitrogens with zero attached hydrogens (tertiary/aromatic N) is 2. The molecule has 0 bridgehead atoms. The largest absolute Gasteiger partial charge is 0.296 e. The summed E-state index contributed by atoms with van der Waals surface area (Å²) in [5, 5.41) is 3.42. The van der Waals surface area contributed by atoms with Crippen LogP contribution in [0.15, 0.2) is 28.2 Å². The van der Waals surface area contributed by atoms with E-state index >= 15 is 0 Å². The molecule has 2 aromatic rings. The Kier molecular flexibility index (Phi) is 3.52. The Morgan fingerprint density at radius 1 is 1.50 bits per heavy atom. The lowest BCUT2D eigenvalue weighted by Crippen LogP contribution is -2.13. The molecule has 1 N–H and O–H groups in total. The van der Waals surface area contributed by atoms with Crippen molar-refractivity contribution >= 4 is 49.9 Å². The minimum Gasteiger partial charge on any atom is -0.296 e. The third kappa shape index (κ3) is 2.78. The van der Waals surface area contributed by atoms with Crippen molar-refractivity contribution in [1.29, 1.82) is 0 Å². The van der Waals surface area contributed by atoms with Crippen LogP contribution in [0, 0.1) is 0 Å². The predicted molar refractivity (Wildman–Crippen MR) is 67.0 cm³/mol. The average molecular weight is 319 g/mol. The maximum Gasteiger partial charge on any atom is 0.276 e. The molecule has 0 fully saturated rings. The molecule has 7 heteroatoms. The van der Waals surface area contributed by atoms with Gasteiger partial charge in [-0.25, -0.2) is 9.97 Å². The first kappa shape index (κ1) is 11.5. The van der Waals surface area contributed by atoms with Gasteiger partial charge in [0.2, 0.25) is 0 Å². The number of aromatic nitrogens is 2. The van der Waals surface area contributed by atoms with Crippen molar-refractivity contribution < 1.29 is 4.79 Å². The molecular formula is C9H5BrClN3OS. The van der Waals surface area contributed by atoms with Crippen molar-refractivity contribution in [2.45, 2.75) is 0 Å². The Morgan fingerprint density at radius 2 is 2.31 bits per heavy atom. The number of pyridine rings is 1. The maximum atomic E-state index is 11.7. The fourth-order valence-electron chi connectivity index (χ4n) is 1.01. The molecule has 2 aromatic heterocycles. The van der Waals surface area contributed by atoms with E-state index in [4.69, 9.17) is 11.6 Å². The van der Waals surface area contributed by atoms with Gasteiger partial charge in [-0.05, 0) is 28.1 Å². The molecule has 0 aliphatic heterocycles. The number of thiazole rings is 1. The summed E-state index contributed by atoms with van der Waals surface area (Å²) in [4.78, 5) is 19.6. The van der Waals surface area contributed by atoms with Gasteiger partial charge in [0.25, 0.3) is 5.91 Å². The summed E-state index contributed by atoms with van der Waals surface area (Å²) in [6.45, 7) is 0. The van der Waals surface area contributed by atoms with E-state index in [0.29, 0.717) is 5.13 Å². The number of halogens is 2. The second kappa shape index (κ2) is 4.90. The standard InChI is InChI=1S/C9H5BrClN3OS/c10-6-4-12-9(16-6)14-8(15)5-2-1-3-7(11)13-5/h1-4H,(H,12,14,15). The maximum absolute atomic E-state index is 11.7. The summed E-state index contributed by atoms with van der Waals surface area (Å²) in [5.41, 5.74) is 0.263. The summed E-state index contributed by atoms with van der Waals surface area (Å²) in [5.74, 6) is -0.329. The van der Waals surface area contributed by atoms with E-state index in [9.17, 15) is 4.79 Å². The van der Waals surface area contributed by atoms with Crippen LogP contribution in [0.1, 0.15) is 10.5 Å². The molecule has 0 aliphatic carbocycles. The van der Waals surface area contributed by atoms with Gasteiger partial charge in [-0.15, -0.1) is 0 Å². The molecule has 0 saturated heterocycles. The first-order valence-electron chi connectivity index (χ1n) is 4.20. The van der Waals surface area contributed by atoms with Crippen LogP contribution in [0.2, 0.25) is 5.15 Å². The van der Waals surface area contributed by atoms with Gasteiger partial charge < -0.3 is 0 Å². The first-order valence-corrected chi connectivity index (χ1v) is 6.19. The van der Waals surface area contributed by atoms with E-state index in [-0.39, 0.29) is 16.8 Å². The molecule has 0 radical (unpaired) electrons. The molecule has 4 nitrogen and oxygen atoms in total. The van der Waals surface area contributed by atoms with Crippen LogP contribution in [0.25, 0.3) is 0 Å². The van der Waals surface area contributed by atoms with Crippen molar-refractivity contribution in [2.24, 2.45) is 0 Å². The van der Waals surface area contributed by atoms with Crippen LogP contribution < -0.4 is 5.32 Å². The summed E-state index contributed by atoms with van der Waals surface area (Å²) >= 11 is 10.3. The molecule has 0 atom stereocenters. The molecule has 0 aromatic carbocycles. The van der Waals surface area contributed by atoms with Crippen molar-refractivity contribution in [3.63, 3.8) is 0 Å². The summed E-state index contributed by atoms with van der Waals surface area (Å²) in [7, 11) is 0. The number of carbonyl (C=O) groups excluding carboxylic acids is 1. The molecule has 2 rings (SSSR count). The normalized spacial score (nSPS) is 10.1. The molecule has 0 unspecified atom stereocenters. The lowest BCUT2D eigenvalue weighted by atomic mass is 10.3. The zero-order chi connectivity index (χ0) is 11.5. The number of hydrogen-bond acceptors (Lipinski definition) is 4. The number of rotatable bonds is 2. The summed E-state index contributed by atoms with van der Waals surface area (Å²) in [6.07, 6.45) is 1.62. The number of anilines is 1. The molecule has 2 heterocycles. The Hall–Kier alpha value is -0.980. The molecule has 16 heavy (non-hydrogen) atoms. The van der Waals surface area contributed by atoms with Gasteiger partial charge in [0.1, 0.15) is 10.8 Å². The number of nitrogens with one attached hydrogen (secondary N) is 1. The van der Waals surface area contributed by atoms with Crippen LogP contribution in [-0.4, -0.2) is 15.9 Å². The molecular weight excluding hydrogens is 314 g/mol. The van der Waals surface area contributed by atoms with E-state index in [1.165, 1.54) is 11.3 Å². The minimum absolute atomic E-state index is 0.263. The van der Waals surface area contributed by atoms with E-state index in [1.54, 1.807) is 24.4 Å². The van der Waals surface area contributed by atoms with Crippen LogP contribution >= 0.6 is 38.9 Å². The summed E-state index contributed by atoms with van der Waals surface area (Å²) < 4.78 is 0.849. The molecule has 1 amide bonds. The highest BCUT2D eigenvalue weighted by atomic mass is 79.9. The van der Waals surface area contributed by atoms with Gasteiger partial charge >= 0.3 is 0 Å². The quantitative estimate of drug-likeness (QED) is 0.865. The fourth-order valence-corrected chi connectivity index (χ4v) is 2.27. The van der Waals surface area contributed by atoms with Crippen LogP contribution in [0.4, 0.5) is 5.13 Å². The van der Waals surface area contributed by atoms with Gasteiger partial charge in [0, 0.05) is 0 Å². The monoisotopic (exact) mass is 317 g/mol. The Bertz CT molecular complexity index is 531. The number of amides is 1. The van der Waals surface area contributed by atoms with Gasteiger partial charge in [-0.2, -0.15) is 0 Å². The fraction of sp³-hybridized carbons (Fsp3) is 0. The highest BCUT2D eigenvalue weighted by Crippen LogP contribution is 2.23. The lowest BCUT2D eigenvalue weighted by Gasteiger charge is -2.00. The number of carbonyl (C=O) groups is 1. The molecule has 82 valence electrons. The van der Waals surface area contributed by atoms with E-state index in [0.717, 1.165) is 3.79 Å². The van der Waals surface area contributed by atoms with Crippen LogP contribution in [0.5, 0.6) is 0 Å². The molecule has 0 saturated carbocycles. The van der Waals surface area contributed by atoms with Crippen molar-refractivity contribution in [2.75, 3.05) is 5.32 Å². The van der Waals surface area contributed by atoms with Crippen molar-refractivity contribution in [1.82, 2.24) is 9.97 Å². The second-order valence-electron chi connectivity index (χ2n) is 2.77. The lowest BCUT2D eigenvalue weighted by molar-refractivity contribution is 0.102. The van der Waals surface area contributed by atoms with Crippen LogP contribution in [-0.2, 0) is 0 Å². The highest BCUT2D eigenvalue weighted by molar-refractivity contribution is 9.11. The second-order valence-corrected chi connectivity index (χ2v) is 5.57. The minimum atomic E-state index is -0.329. The predicted octanol–water partition coefficient (Wildman–Crippen LogP) is 3.21.